The number of benzene rings is 1. The summed E-state index contributed by atoms with van der Waals surface area (Å²) in [7, 11) is 1.22. The molecule has 0 spiro atoms. The van der Waals surface area contributed by atoms with E-state index in [9.17, 15) is 14.9 Å². The van der Waals surface area contributed by atoms with Gasteiger partial charge in [0.25, 0.3) is 5.69 Å². The molecule has 1 aromatic rings. The van der Waals surface area contributed by atoms with Crippen molar-refractivity contribution in [3.63, 3.8) is 0 Å². The molecule has 0 aliphatic rings. The van der Waals surface area contributed by atoms with Crippen LogP contribution in [0.1, 0.15) is 0 Å². The fourth-order valence-corrected chi connectivity index (χ4v) is 1.39. The third-order valence-electron chi connectivity index (χ3n) is 1.89. The number of nitro benzene ring substituents is 1. The van der Waals surface area contributed by atoms with Gasteiger partial charge in [-0.05, 0) is 6.07 Å². The average molecular weight is 279 g/mol. The van der Waals surface area contributed by atoms with Crippen LogP contribution in [0.25, 0.3) is 0 Å². The molecule has 6 nitrogen and oxygen atoms in total. The lowest BCUT2D eigenvalue weighted by molar-refractivity contribution is -0.383. The number of carbonyl (C=O) groups excluding carboxylic acids is 1. The maximum Gasteiger partial charge on any atom is 0.325 e. The Morgan fingerprint density at radius 3 is 2.59 bits per heavy atom. The Labute approximate surface area is 107 Å². The zero-order chi connectivity index (χ0) is 13.0. The van der Waals surface area contributed by atoms with Gasteiger partial charge in [0.15, 0.2) is 0 Å². The zero-order valence-electron chi connectivity index (χ0n) is 8.70. The molecule has 0 heterocycles. The lowest BCUT2D eigenvalue weighted by Crippen LogP contribution is -2.15. The van der Waals surface area contributed by atoms with Gasteiger partial charge in [-0.15, -0.1) is 0 Å². The van der Waals surface area contributed by atoms with Crippen LogP contribution in [0.15, 0.2) is 12.1 Å². The molecule has 0 radical (unpaired) electrons. The molecule has 0 bridgehead atoms. The number of rotatable bonds is 4. The van der Waals surface area contributed by atoms with Crippen molar-refractivity contribution in [3.8, 4) is 0 Å². The maximum atomic E-state index is 10.9. The first-order chi connectivity index (χ1) is 7.95. The number of carbonyl (C=O) groups is 1. The number of hydrogen-bond donors (Lipinski definition) is 1. The topological polar surface area (TPSA) is 81.5 Å². The third kappa shape index (κ3) is 3.47. The molecule has 0 saturated carbocycles. The van der Waals surface area contributed by atoms with Crippen molar-refractivity contribution in [2.75, 3.05) is 19.0 Å². The highest BCUT2D eigenvalue weighted by atomic mass is 35.5. The van der Waals surface area contributed by atoms with Gasteiger partial charge in [-0.3, -0.25) is 14.9 Å². The number of esters is 1. The van der Waals surface area contributed by atoms with Crippen LogP contribution in [0.4, 0.5) is 11.4 Å². The first kappa shape index (κ1) is 13.5. The number of ether oxygens (including phenoxy) is 1. The second kappa shape index (κ2) is 5.70. The summed E-state index contributed by atoms with van der Waals surface area (Å²) < 4.78 is 4.40. The van der Waals surface area contributed by atoms with Crippen LogP contribution in [-0.4, -0.2) is 24.5 Å². The molecule has 17 heavy (non-hydrogen) atoms. The van der Waals surface area contributed by atoms with Gasteiger partial charge in [-0.1, -0.05) is 23.2 Å². The molecule has 1 rings (SSSR count). The van der Waals surface area contributed by atoms with Gasteiger partial charge >= 0.3 is 5.97 Å². The minimum Gasteiger partial charge on any atom is -0.468 e. The van der Waals surface area contributed by atoms with E-state index in [-0.39, 0.29) is 28.0 Å². The van der Waals surface area contributed by atoms with Gasteiger partial charge < -0.3 is 10.1 Å². The highest BCUT2D eigenvalue weighted by molar-refractivity contribution is 6.42. The molecule has 0 amide bonds. The monoisotopic (exact) mass is 278 g/mol. The van der Waals surface area contributed by atoms with Gasteiger partial charge in [0.2, 0.25) is 0 Å². The van der Waals surface area contributed by atoms with Crippen molar-refractivity contribution in [2.45, 2.75) is 0 Å². The van der Waals surface area contributed by atoms with Crippen LogP contribution < -0.4 is 5.32 Å². The van der Waals surface area contributed by atoms with Crippen LogP contribution in [0.5, 0.6) is 0 Å². The highest BCUT2D eigenvalue weighted by Crippen LogP contribution is 2.33. The molecule has 0 atom stereocenters. The van der Waals surface area contributed by atoms with Crippen LogP contribution in [0, 0.1) is 10.1 Å². The minimum atomic E-state index is -0.623. The van der Waals surface area contributed by atoms with Gasteiger partial charge in [-0.25, -0.2) is 0 Å². The van der Waals surface area contributed by atoms with E-state index in [1.807, 2.05) is 0 Å². The summed E-state index contributed by atoms with van der Waals surface area (Å²) in [5, 5.41) is 13.5. The van der Waals surface area contributed by atoms with E-state index < -0.39 is 10.9 Å². The normalized spacial score (nSPS) is 9.82. The Morgan fingerprint density at radius 2 is 2.06 bits per heavy atom. The summed E-state index contributed by atoms with van der Waals surface area (Å²) in [6.07, 6.45) is 0. The first-order valence-corrected chi connectivity index (χ1v) is 5.15. The van der Waals surface area contributed by atoms with Crippen molar-refractivity contribution < 1.29 is 14.5 Å². The summed E-state index contributed by atoms with van der Waals surface area (Å²) in [4.78, 5) is 21.0. The fraction of sp³-hybridized carbons (Fsp3) is 0.222. The summed E-state index contributed by atoms with van der Waals surface area (Å²) in [6, 6.07) is 2.40. The van der Waals surface area contributed by atoms with Gasteiger partial charge in [-0.2, -0.15) is 0 Å². The number of anilines is 1. The Balaban J connectivity index is 3.00. The fourth-order valence-electron chi connectivity index (χ4n) is 1.07. The molecule has 0 aliphatic carbocycles. The van der Waals surface area contributed by atoms with Gasteiger partial charge in [0.05, 0.1) is 22.1 Å². The van der Waals surface area contributed by atoms with Crippen molar-refractivity contribution in [2.24, 2.45) is 0 Å². The van der Waals surface area contributed by atoms with E-state index in [1.165, 1.54) is 13.2 Å². The molecule has 8 heteroatoms. The predicted molar refractivity (Wildman–Crippen MR) is 63.6 cm³/mol. The predicted octanol–water partition coefficient (Wildman–Crippen LogP) is 2.49. The number of nitrogens with zero attached hydrogens (tertiary/aromatic N) is 1. The second-order valence-electron chi connectivity index (χ2n) is 2.97. The molecule has 1 aromatic carbocycles. The van der Waals surface area contributed by atoms with Gasteiger partial charge in [0.1, 0.15) is 12.2 Å². The molecular weight excluding hydrogens is 271 g/mol. The molecule has 1 N–H and O–H groups in total. The quantitative estimate of drug-likeness (QED) is 0.520. The Hall–Kier alpha value is -1.53. The Morgan fingerprint density at radius 1 is 1.47 bits per heavy atom. The number of methoxy groups -OCH3 is 1. The minimum absolute atomic E-state index is 0.0713. The van der Waals surface area contributed by atoms with E-state index in [0.717, 1.165) is 6.07 Å². The molecule has 0 aromatic heterocycles. The molecular formula is C9H8Cl2N2O4. The zero-order valence-corrected chi connectivity index (χ0v) is 10.2. The number of nitrogens with one attached hydrogen (secondary N) is 1. The van der Waals surface area contributed by atoms with Crippen molar-refractivity contribution >= 4 is 40.5 Å². The largest absolute Gasteiger partial charge is 0.468 e. The standard InChI is InChI=1S/C9H8Cl2N2O4/c1-17-9(14)4-12-7-2-5(10)6(11)3-8(7)13(15)16/h2-3,12H,4H2,1H3. The van der Waals surface area contributed by atoms with E-state index in [1.54, 1.807) is 0 Å². The summed E-state index contributed by atoms with van der Waals surface area (Å²) in [5.41, 5.74) is -0.155. The smallest absolute Gasteiger partial charge is 0.325 e. The molecule has 0 fully saturated rings. The van der Waals surface area contributed by atoms with Crippen molar-refractivity contribution in [3.05, 3.63) is 32.3 Å². The number of nitro groups is 1. The Bertz CT molecular complexity index is 465. The highest BCUT2D eigenvalue weighted by Gasteiger charge is 2.17. The van der Waals surface area contributed by atoms with Crippen molar-refractivity contribution in [1.82, 2.24) is 0 Å². The van der Waals surface area contributed by atoms with Crippen molar-refractivity contribution in [1.29, 1.82) is 0 Å². The number of halogens is 2. The Kier molecular flexibility index (Phi) is 4.53. The van der Waals surface area contributed by atoms with Crippen LogP contribution >= 0.6 is 23.2 Å². The van der Waals surface area contributed by atoms with E-state index in [2.05, 4.69) is 10.1 Å². The third-order valence-corrected chi connectivity index (χ3v) is 2.61. The molecule has 92 valence electrons. The maximum absolute atomic E-state index is 10.9. The van der Waals surface area contributed by atoms with E-state index in [0.29, 0.717) is 0 Å². The SMILES string of the molecule is COC(=O)CNc1cc(Cl)c(Cl)cc1[N+](=O)[O-]. The summed E-state index contributed by atoms with van der Waals surface area (Å²) in [5.74, 6) is -0.551. The van der Waals surface area contributed by atoms with Crippen LogP contribution in [-0.2, 0) is 9.53 Å². The van der Waals surface area contributed by atoms with Crippen LogP contribution in [0.3, 0.4) is 0 Å². The van der Waals surface area contributed by atoms with E-state index >= 15 is 0 Å². The summed E-state index contributed by atoms with van der Waals surface area (Å²) in [6.45, 7) is -0.199. The molecule has 0 aliphatic heterocycles. The lowest BCUT2D eigenvalue weighted by atomic mass is 10.2. The lowest BCUT2D eigenvalue weighted by Gasteiger charge is -2.07. The molecule has 0 unspecified atom stereocenters. The molecule has 0 saturated heterocycles. The van der Waals surface area contributed by atoms with Gasteiger partial charge in [0, 0.05) is 6.07 Å². The average Bonchev–Trinajstić information content (AvgIpc) is 2.29. The summed E-state index contributed by atoms with van der Waals surface area (Å²) >= 11 is 11.4. The number of hydrogen-bond acceptors (Lipinski definition) is 5. The second-order valence-corrected chi connectivity index (χ2v) is 3.78. The first-order valence-electron chi connectivity index (χ1n) is 4.40. The van der Waals surface area contributed by atoms with E-state index in [4.69, 9.17) is 23.2 Å². The van der Waals surface area contributed by atoms with Crippen LogP contribution in [0.2, 0.25) is 10.0 Å².